The Bertz CT molecular complexity index is 597. The fraction of sp³-hybridized carbons (Fsp3) is 0.500. The highest BCUT2D eigenvalue weighted by Crippen LogP contribution is 2.37. The molecule has 2 rings (SSSR count). The van der Waals surface area contributed by atoms with Crippen LogP contribution in [0.4, 0.5) is 5.69 Å². The molecule has 1 heterocycles. The van der Waals surface area contributed by atoms with Gasteiger partial charge in [0.2, 0.25) is 0 Å². The van der Waals surface area contributed by atoms with E-state index in [1.54, 1.807) is 6.92 Å². The van der Waals surface area contributed by atoms with E-state index in [1.165, 1.54) is 0 Å². The Hall–Kier alpha value is -1.56. The summed E-state index contributed by atoms with van der Waals surface area (Å²) < 4.78 is 23.2. The SMILES string of the molecule is CCS(=O)(=O)CCN1CC(CC(=O)O)c2ccccc21. The number of rotatable bonds is 6. The smallest absolute Gasteiger partial charge is 0.304 e. The molecule has 20 heavy (non-hydrogen) atoms. The Kier molecular flexibility index (Phi) is 4.32. The molecule has 1 aliphatic heterocycles. The number of carbonyl (C=O) groups is 1. The molecule has 1 unspecified atom stereocenters. The highest BCUT2D eigenvalue weighted by molar-refractivity contribution is 7.91. The zero-order valence-corrected chi connectivity index (χ0v) is 12.3. The van der Waals surface area contributed by atoms with E-state index in [-0.39, 0.29) is 23.8 Å². The minimum absolute atomic E-state index is 0.0620. The van der Waals surface area contributed by atoms with E-state index in [2.05, 4.69) is 0 Å². The van der Waals surface area contributed by atoms with E-state index in [0.29, 0.717) is 13.1 Å². The van der Waals surface area contributed by atoms with Gasteiger partial charge in [0.25, 0.3) is 0 Å². The van der Waals surface area contributed by atoms with Crippen LogP contribution in [-0.2, 0) is 14.6 Å². The molecule has 0 saturated heterocycles. The van der Waals surface area contributed by atoms with E-state index in [1.807, 2.05) is 29.2 Å². The van der Waals surface area contributed by atoms with Gasteiger partial charge in [0, 0.05) is 30.4 Å². The quantitative estimate of drug-likeness (QED) is 0.861. The molecule has 1 atom stereocenters. The van der Waals surface area contributed by atoms with Crippen LogP contribution in [0.1, 0.15) is 24.8 Å². The number of para-hydroxylation sites is 1. The molecule has 1 aliphatic rings. The van der Waals surface area contributed by atoms with Crippen molar-refractivity contribution in [2.75, 3.05) is 29.5 Å². The van der Waals surface area contributed by atoms with Crippen LogP contribution in [-0.4, -0.2) is 44.1 Å². The van der Waals surface area contributed by atoms with E-state index in [0.717, 1.165) is 11.3 Å². The van der Waals surface area contributed by atoms with Crippen molar-refractivity contribution in [2.24, 2.45) is 0 Å². The number of carboxylic acids is 1. The Morgan fingerprint density at radius 3 is 2.75 bits per heavy atom. The summed E-state index contributed by atoms with van der Waals surface area (Å²) >= 11 is 0. The number of hydrogen-bond donors (Lipinski definition) is 1. The van der Waals surface area contributed by atoms with Crippen LogP contribution < -0.4 is 4.90 Å². The second-order valence-corrected chi connectivity index (χ2v) is 7.51. The molecule has 5 nitrogen and oxygen atoms in total. The Labute approximate surface area is 119 Å². The highest BCUT2D eigenvalue weighted by atomic mass is 32.2. The topological polar surface area (TPSA) is 74.7 Å². The largest absolute Gasteiger partial charge is 0.481 e. The average Bonchev–Trinajstić information content (AvgIpc) is 2.75. The molecule has 0 aliphatic carbocycles. The van der Waals surface area contributed by atoms with Crippen LogP contribution in [0.2, 0.25) is 0 Å². The second kappa shape index (κ2) is 5.83. The van der Waals surface area contributed by atoms with Crippen molar-refractivity contribution < 1.29 is 18.3 Å². The lowest BCUT2D eigenvalue weighted by Gasteiger charge is -2.19. The van der Waals surface area contributed by atoms with Gasteiger partial charge in [0.15, 0.2) is 9.84 Å². The molecule has 0 saturated carbocycles. The highest BCUT2D eigenvalue weighted by Gasteiger charge is 2.30. The standard InChI is InChI=1S/C14H19NO4S/c1-2-20(18,19)8-7-15-10-11(9-14(16)17)12-5-3-4-6-13(12)15/h3-6,11H,2,7-10H2,1H3,(H,16,17). The third-order valence-electron chi connectivity index (χ3n) is 3.69. The normalized spacial score (nSPS) is 18.1. The van der Waals surface area contributed by atoms with Crippen molar-refractivity contribution in [3.05, 3.63) is 29.8 Å². The summed E-state index contributed by atoms with van der Waals surface area (Å²) in [6, 6.07) is 7.64. The molecule has 0 bridgehead atoms. The summed E-state index contributed by atoms with van der Waals surface area (Å²) in [5.41, 5.74) is 1.97. The third-order valence-corrected chi connectivity index (χ3v) is 5.38. The van der Waals surface area contributed by atoms with Gasteiger partial charge >= 0.3 is 5.97 Å². The maximum absolute atomic E-state index is 11.6. The van der Waals surface area contributed by atoms with Crippen molar-refractivity contribution >= 4 is 21.5 Å². The van der Waals surface area contributed by atoms with Gasteiger partial charge in [-0.1, -0.05) is 25.1 Å². The number of benzene rings is 1. The van der Waals surface area contributed by atoms with E-state index in [4.69, 9.17) is 5.11 Å². The first-order valence-corrected chi connectivity index (χ1v) is 8.51. The molecule has 6 heteroatoms. The van der Waals surface area contributed by atoms with Gasteiger partial charge in [-0.25, -0.2) is 8.42 Å². The number of fused-ring (bicyclic) bond motifs is 1. The lowest BCUT2D eigenvalue weighted by molar-refractivity contribution is -0.137. The lowest BCUT2D eigenvalue weighted by atomic mass is 9.98. The summed E-state index contributed by atoms with van der Waals surface area (Å²) in [7, 11) is -3.01. The number of nitrogens with zero attached hydrogens (tertiary/aromatic N) is 1. The van der Waals surface area contributed by atoms with Crippen molar-refractivity contribution in [2.45, 2.75) is 19.3 Å². The molecule has 0 spiro atoms. The van der Waals surface area contributed by atoms with Gasteiger partial charge in [-0.15, -0.1) is 0 Å². The first-order chi connectivity index (χ1) is 9.43. The van der Waals surface area contributed by atoms with Gasteiger partial charge in [0.05, 0.1) is 12.2 Å². The van der Waals surface area contributed by atoms with Crippen LogP contribution in [0.15, 0.2) is 24.3 Å². The monoisotopic (exact) mass is 297 g/mol. The minimum Gasteiger partial charge on any atom is -0.481 e. The fourth-order valence-electron chi connectivity index (χ4n) is 2.57. The summed E-state index contributed by atoms with van der Waals surface area (Å²) in [6.07, 6.45) is 0.0774. The number of hydrogen-bond acceptors (Lipinski definition) is 4. The fourth-order valence-corrected chi connectivity index (χ4v) is 3.36. The first-order valence-electron chi connectivity index (χ1n) is 6.69. The number of carboxylic acid groups (broad SMARTS) is 1. The Morgan fingerprint density at radius 2 is 2.10 bits per heavy atom. The van der Waals surface area contributed by atoms with Gasteiger partial charge < -0.3 is 10.0 Å². The van der Waals surface area contributed by atoms with Gasteiger partial charge in [-0.3, -0.25) is 4.79 Å². The van der Waals surface area contributed by atoms with Crippen molar-refractivity contribution in [3.63, 3.8) is 0 Å². The van der Waals surface area contributed by atoms with Crippen molar-refractivity contribution in [1.29, 1.82) is 0 Å². The molecular weight excluding hydrogens is 278 g/mol. The number of anilines is 1. The summed E-state index contributed by atoms with van der Waals surface area (Å²) in [5, 5.41) is 8.97. The zero-order chi connectivity index (χ0) is 14.8. The lowest BCUT2D eigenvalue weighted by Crippen LogP contribution is -2.29. The molecule has 1 aromatic carbocycles. The average molecular weight is 297 g/mol. The van der Waals surface area contributed by atoms with Crippen LogP contribution in [0, 0.1) is 0 Å². The molecule has 110 valence electrons. The van der Waals surface area contributed by atoms with Crippen LogP contribution in [0.5, 0.6) is 0 Å². The Balaban J connectivity index is 2.15. The van der Waals surface area contributed by atoms with E-state index < -0.39 is 15.8 Å². The van der Waals surface area contributed by atoms with Crippen molar-refractivity contribution in [3.8, 4) is 0 Å². The second-order valence-electron chi connectivity index (χ2n) is 5.04. The number of sulfone groups is 1. The Morgan fingerprint density at radius 1 is 1.40 bits per heavy atom. The van der Waals surface area contributed by atoms with Crippen LogP contribution in [0.25, 0.3) is 0 Å². The van der Waals surface area contributed by atoms with Crippen molar-refractivity contribution in [1.82, 2.24) is 0 Å². The maximum atomic E-state index is 11.6. The van der Waals surface area contributed by atoms with Gasteiger partial charge in [-0.05, 0) is 11.6 Å². The molecule has 0 fully saturated rings. The molecule has 1 N–H and O–H groups in total. The van der Waals surface area contributed by atoms with E-state index in [9.17, 15) is 13.2 Å². The zero-order valence-electron chi connectivity index (χ0n) is 11.4. The maximum Gasteiger partial charge on any atom is 0.304 e. The molecule has 0 radical (unpaired) electrons. The van der Waals surface area contributed by atoms with Crippen LogP contribution in [0.3, 0.4) is 0 Å². The predicted molar refractivity (Wildman–Crippen MR) is 78.0 cm³/mol. The molecule has 0 aromatic heterocycles. The summed E-state index contributed by atoms with van der Waals surface area (Å²) in [5.74, 6) is -0.639. The minimum atomic E-state index is -3.01. The molecule has 0 amide bonds. The summed E-state index contributed by atoms with van der Waals surface area (Å²) in [6.45, 7) is 2.63. The van der Waals surface area contributed by atoms with E-state index >= 15 is 0 Å². The van der Waals surface area contributed by atoms with Crippen LogP contribution >= 0.6 is 0 Å². The van der Waals surface area contributed by atoms with Gasteiger partial charge in [-0.2, -0.15) is 0 Å². The molecule has 1 aromatic rings. The number of aliphatic carboxylic acids is 1. The molecular formula is C14H19NO4S. The predicted octanol–water partition coefficient (Wildman–Crippen LogP) is 1.50. The van der Waals surface area contributed by atoms with Gasteiger partial charge in [0.1, 0.15) is 0 Å². The summed E-state index contributed by atoms with van der Waals surface area (Å²) in [4.78, 5) is 12.9. The first kappa shape index (κ1) is 14.8. The third kappa shape index (κ3) is 3.30.